The molecule has 2 aliphatic rings. The molecule has 1 saturated heterocycles. The van der Waals surface area contributed by atoms with E-state index in [4.69, 9.17) is 4.74 Å². The van der Waals surface area contributed by atoms with Crippen molar-refractivity contribution in [1.29, 1.82) is 0 Å². The summed E-state index contributed by atoms with van der Waals surface area (Å²) in [5.74, 6) is 0.508. The lowest BCUT2D eigenvalue weighted by atomic mass is 9.83. The van der Waals surface area contributed by atoms with Crippen molar-refractivity contribution in [3.8, 4) is 0 Å². The fourth-order valence-electron chi connectivity index (χ4n) is 3.52. The maximum absolute atomic E-state index is 11.9. The monoisotopic (exact) mass is 296 g/mol. The van der Waals surface area contributed by atoms with Crippen LogP contribution in [0.3, 0.4) is 0 Å². The van der Waals surface area contributed by atoms with Crippen LogP contribution in [0.2, 0.25) is 0 Å². The van der Waals surface area contributed by atoms with Gasteiger partial charge in [0.1, 0.15) is 5.60 Å². The van der Waals surface area contributed by atoms with Crippen LogP contribution in [0.25, 0.3) is 0 Å². The molecule has 0 amide bonds. The third-order valence-electron chi connectivity index (χ3n) is 4.75. The van der Waals surface area contributed by atoms with Crippen LogP contribution >= 0.6 is 0 Å². The molecule has 0 radical (unpaired) electrons. The van der Waals surface area contributed by atoms with Crippen molar-refractivity contribution >= 4 is 5.97 Å². The first-order valence-electron chi connectivity index (χ1n) is 8.48. The molecule has 0 atom stereocenters. The Morgan fingerprint density at radius 1 is 1.05 bits per heavy atom. The average molecular weight is 296 g/mol. The minimum Gasteiger partial charge on any atom is -0.460 e. The summed E-state index contributed by atoms with van der Waals surface area (Å²) in [5, 5.41) is 0. The fourth-order valence-corrected chi connectivity index (χ4v) is 3.52. The number of carbonyl (C=O) groups excluding carboxylic acids is 1. The summed E-state index contributed by atoms with van der Waals surface area (Å²) >= 11 is 0. The molecule has 0 aromatic rings. The van der Waals surface area contributed by atoms with Gasteiger partial charge in [0, 0.05) is 38.6 Å². The Labute approximate surface area is 129 Å². The molecule has 0 unspecified atom stereocenters. The largest absolute Gasteiger partial charge is 0.460 e. The first kappa shape index (κ1) is 16.8. The highest BCUT2D eigenvalue weighted by molar-refractivity contribution is 5.70. The zero-order valence-corrected chi connectivity index (χ0v) is 14.2. The summed E-state index contributed by atoms with van der Waals surface area (Å²) < 4.78 is 5.44. The molecule has 0 N–H and O–H groups in total. The topological polar surface area (TPSA) is 32.8 Å². The SMILES string of the molecule is CN1CCN(C2CCC(CC(=O)OC(C)(C)C)CC2)CC1. The van der Waals surface area contributed by atoms with Crippen LogP contribution in [0.5, 0.6) is 0 Å². The average Bonchev–Trinajstić information content (AvgIpc) is 2.38. The van der Waals surface area contributed by atoms with E-state index in [1.807, 2.05) is 20.8 Å². The molecule has 1 saturated carbocycles. The minimum atomic E-state index is -0.353. The number of rotatable bonds is 3. The van der Waals surface area contributed by atoms with Crippen LogP contribution in [0.15, 0.2) is 0 Å². The summed E-state index contributed by atoms with van der Waals surface area (Å²) in [4.78, 5) is 17.0. The van der Waals surface area contributed by atoms with Crippen molar-refractivity contribution in [2.24, 2.45) is 5.92 Å². The summed E-state index contributed by atoms with van der Waals surface area (Å²) in [6.45, 7) is 10.6. The van der Waals surface area contributed by atoms with Crippen molar-refractivity contribution in [1.82, 2.24) is 9.80 Å². The predicted octanol–water partition coefficient (Wildman–Crippen LogP) is 2.52. The van der Waals surface area contributed by atoms with Gasteiger partial charge < -0.3 is 9.64 Å². The van der Waals surface area contributed by atoms with Crippen LogP contribution in [-0.4, -0.2) is 60.6 Å². The lowest BCUT2D eigenvalue weighted by Crippen LogP contribution is -2.49. The maximum Gasteiger partial charge on any atom is 0.306 e. The molecule has 0 spiro atoms. The molecule has 0 aromatic heterocycles. The van der Waals surface area contributed by atoms with Crippen molar-refractivity contribution in [3.05, 3.63) is 0 Å². The number of esters is 1. The normalized spacial score (nSPS) is 29.3. The van der Waals surface area contributed by atoms with E-state index < -0.39 is 0 Å². The van der Waals surface area contributed by atoms with E-state index in [1.165, 1.54) is 51.9 Å². The van der Waals surface area contributed by atoms with Crippen molar-refractivity contribution < 1.29 is 9.53 Å². The van der Waals surface area contributed by atoms with Gasteiger partial charge in [0.2, 0.25) is 0 Å². The van der Waals surface area contributed by atoms with Gasteiger partial charge in [-0.15, -0.1) is 0 Å². The summed E-state index contributed by atoms with van der Waals surface area (Å²) in [7, 11) is 2.20. The van der Waals surface area contributed by atoms with E-state index in [1.54, 1.807) is 0 Å². The molecule has 2 fully saturated rings. The first-order valence-corrected chi connectivity index (χ1v) is 8.48. The fraction of sp³-hybridized carbons (Fsp3) is 0.941. The van der Waals surface area contributed by atoms with Gasteiger partial charge in [-0.3, -0.25) is 9.69 Å². The molecule has 0 aromatic carbocycles. The molecule has 1 heterocycles. The zero-order valence-electron chi connectivity index (χ0n) is 14.2. The summed E-state index contributed by atoms with van der Waals surface area (Å²) in [5.41, 5.74) is -0.353. The molecular weight excluding hydrogens is 264 g/mol. The number of hydrogen-bond acceptors (Lipinski definition) is 4. The zero-order chi connectivity index (χ0) is 15.5. The predicted molar refractivity (Wildman–Crippen MR) is 85.3 cm³/mol. The Morgan fingerprint density at radius 3 is 2.14 bits per heavy atom. The van der Waals surface area contributed by atoms with E-state index in [0.717, 1.165) is 6.04 Å². The summed E-state index contributed by atoms with van der Waals surface area (Å²) in [6.07, 6.45) is 5.45. The number of ether oxygens (including phenoxy) is 1. The van der Waals surface area contributed by atoms with Gasteiger partial charge >= 0.3 is 5.97 Å². The minimum absolute atomic E-state index is 0.0226. The Bertz CT molecular complexity index is 335. The second-order valence-corrected chi connectivity index (χ2v) is 7.80. The van der Waals surface area contributed by atoms with E-state index >= 15 is 0 Å². The molecule has 1 aliphatic carbocycles. The van der Waals surface area contributed by atoms with Crippen LogP contribution < -0.4 is 0 Å². The maximum atomic E-state index is 11.9. The molecule has 122 valence electrons. The van der Waals surface area contributed by atoms with Crippen molar-refractivity contribution in [2.45, 2.75) is 64.5 Å². The first-order chi connectivity index (χ1) is 9.83. The van der Waals surface area contributed by atoms with Gasteiger partial charge in [-0.2, -0.15) is 0 Å². The highest BCUT2D eigenvalue weighted by Gasteiger charge is 2.29. The molecule has 4 heteroatoms. The second kappa shape index (κ2) is 7.10. The van der Waals surface area contributed by atoms with E-state index in [-0.39, 0.29) is 11.6 Å². The Morgan fingerprint density at radius 2 is 1.62 bits per heavy atom. The van der Waals surface area contributed by atoms with E-state index in [2.05, 4.69) is 16.8 Å². The van der Waals surface area contributed by atoms with Crippen LogP contribution in [0.1, 0.15) is 52.9 Å². The Balaban J connectivity index is 1.69. The third-order valence-corrected chi connectivity index (χ3v) is 4.75. The van der Waals surface area contributed by atoms with E-state index in [9.17, 15) is 4.79 Å². The number of likely N-dealkylation sites (N-methyl/N-ethyl adjacent to an activating group) is 1. The van der Waals surface area contributed by atoms with Crippen molar-refractivity contribution in [3.63, 3.8) is 0 Å². The van der Waals surface area contributed by atoms with Gasteiger partial charge in [0.15, 0.2) is 0 Å². The second-order valence-electron chi connectivity index (χ2n) is 7.80. The van der Waals surface area contributed by atoms with Crippen LogP contribution in [-0.2, 0) is 9.53 Å². The van der Waals surface area contributed by atoms with Gasteiger partial charge in [-0.25, -0.2) is 0 Å². The highest BCUT2D eigenvalue weighted by Crippen LogP contribution is 2.30. The number of nitrogens with zero attached hydrogens (tertiary/aromatic N) is 2. The lowest BCUT2D eigenvalue weighted by Gasteiger charge is -2.41. The Kier molecular flexibility index (Phi) is 5.67. The number of carbonyl (C=O) groups is 1. The quantitative estimate of drug-likeness (QED) is 0.749. The van der Waals surface area contributed by atoms with Gasteiger partial charge in [0.25, 0.3) is 0 Å². The number of hydrogen-bond donors (Lipinski definition) is 0. The van der Waals surface area contributed by atoms with Gasteiger partial charge in [0.05, 0.1) is 0 Å². The lowest BCUT2D eigenvalue weighted by molar-refractivity contribution is -0.156. The summed E-state index contributed by atoms with van der Waals surface area (Å²) in [6, 6.07) is 0.744. The standard InChI is InChI=1S/C17H32N2O2/c1-17(2,3)21-16(20)13-14-5-7-15(8-6-14)19-11-9-18(4)10-12-19/h14-15H,5-13H2,1-4H3. The van der Waals surface area contributed by atoms with Crippen LogP contribution in [0, 0.1) is 5.92 Å². The molecule has 4 nitrogen and oxygen atoms in total. The van der Waals surface area contributed by atoms with Crippen LogP contribution in [0.4, 0.5) is 0 Å². The smallest absolute Gasteiger partial charge is 0.306 e. The third kappa shape index (κ3) is 5.59. The Hall–Kier alpha value is -0.610. The molecule has 0 bridgehead atoms. The van der Waals surface area contributed by atoms with E-state index in [0.29, 0.717) is 12.3 Å². The molecule has 21 heavy (non-hydrogen) atoms. The highest BCUT2D eigenvalue weighted by atomic mass is 16.6. The van der Waals surface area contributed by atoms with Gasteiger partial charge in [-0.05, 0) is 59.4 Å². The molecule has 2 rings (SSSR count). The number of piperazine rings is 1. The van der Waals surface area contributed by atoms with Crippen molar-refractivity contribution in [2.75, 3.05) is 33.2 Å². The molecule has 1 aliphatic heterocycles. The van der Waals surface area contributed by atoms with Gasteiger partial charge in [-0.1, -0.05) is 0 Å². The molecular formula is C17H32N2O2.